The molecule has 1 saturated heterocycles. The van der Waals surface area contributed by atoms with Crippen LogP contribution in [-0.4, -0.2) is 27.3 Å². The minimum atomic E-state index is -2.99. The Morgan fingerprint density at radius 2 is 1.95 bits per heavy atom. The van der Waals surface area contributed by atoms with Gasteiger partial charge in [0.1, 0.15) is 0 Å². The van der Waals surface area contributed by atoms with E-state index < -0.39 is 9.84 Å². The third-order valence-electron chi connectivity index (χ3n) is 3.68. The number of hydrogen-bond acceptors (Lipinski definition) is 3. The first-order valence-corrected chi connectivity index (χ1v) is 8.78. The molecule has 0 amide bonds. The highest BCUT2D eigenvalue weighted by Crippen LogP contribution is 2.18. The topological polar surface area (TPSA) is 46.2 Å². The summed E-state index contributed by atoms with van der Waals surface area (Å²) >= 11 is 0. The molecule has 1 aliphatic heterocycles. The van der Waals surface area contributed by atoms with Gasteiger partial charge in [-0.15, -0.1) is 0 Å². The van der Waals surface area contributed by atoms with Gasteiger partial charge in [-0.05, 0) is 42.5 Å². The summed E-state index contributed by atoms with van der Waals surface area (Å²) in [5, 5.41) is 3.21. The van der Waals surface area contributed by atoms with E-state index in [0.717, 1.165) is 25.1 Å². The minimum absolute atomic E-state index is 0.169. The molecule has 0 radical (unpaired) electrons. The zero-order valence-electron chi connectivity index (χ0n) is 11.7. The normalized spacial score (nSPS) is 20.1. The molecule has 0 unspecified atom stereocenters. The summed E-state index contributed by atoms with van der Waals surface area (Å²) in [5.74, 6) is 1.25. The van der Waals surface area contributed by atoms with Crippen LogP contribution in [0.1, 0.15) is 37.3 Å². The molecule has 2 rings (SSSR count). The first-order valence-electron chi connectivity index (χ1n) is 6.96. The maximum absolute atomic E-state index is 12.1. The van der Waals surface area contributed by atoms with Crippen molar-refractivity contribution in [3.05, 3.63) is 35.4 Å². The lowest BCUT2D eigenvalue weighted by Gasteiger charge is -2.10. The Labute approximate surface area is 116 Å². The third kappa shape index (κ3) is 4.32. The average molecular weight is 281 g/mol. The molecule has 19 heavy (non-hydrogen) atoms. The average Bonchev–Trinajstić information content (AvgIpc) is 2.81. The van der Waals surface area contributed by atoms with E-state index in [-0.39, 0.29) is 5.75 Å². The molecule has 0 saturated carbocycles. The van der Waals surface area contributed by atoms with Crippen LogP contribution in [0.3, 0.4) is 0 Å². The third-order valence-corrected chi connectivity index (χ3v) is 5.44. The van der Waals surface area contributed by atoms with Crippen molar-refractivity contribution < 1.29 is 8.42 Å². The fourth-order valence-corrected chi connectivity index (χ4v) is 4.35. The Balaban J connectivity index is 1.98. The second-order valence-electron chi connectivity index (χ2n) is 5.81. The van der Waals surface area contributed by atoms with Gasteiger partial charge in [-0.3, -0.25) is 0 Å². The van der Waals surface area contributed by atoms with Crippen LogP contribution in [0.2, 0.25) is 0 Å². The number of hydrogen-bond donors (Lipinski definition) is 1. The fraction of sp³-hybridized carbons (Fsp3) is 0.600. The molecule has 0 aliphatic carbocycles. The smallest absolute Gasteiger partial charge is 0.154 e. The molecule has 0 bridgehead atoms. The van der Waals surface area contributed by atoms with Gasteiger partial charge in [-0.1, -0.05) is 38.1 Å². The number of rotatable bonds is 5. The number of sulfone groups is 1. The van der Waals surface area contributed by atoms with Gasteiger partial charge in [0.25, 0.3) is 0 Å². The van der Waals surface area contributed by atoms with Crippen LogP contribution < -0.4 is 5.32 Å². The Hall–Kier alpha value is -0.870. The first-order chi connectivity index (χ1) is 8.96. The van der Waals surface area contributed by atoms with Gasteiger partial charge in [0.15, 0.2) is 9.84 Å². The van der Waals surface area contributed by atoms with Gasteiger partial charge in [0.2, 0.25) is 0 Å². The van der Waals surface area contributed by atoms with Gasteiger partial charge in [-0.25, -0.2) is 8.42 Å². The van der Waals surface area contributed by atoms with Crippen molar-refractivity contribution in [2.75, 3.05) is 18.8 Å². The highest BCUT2D eigenvalue weighted by molar-refractivity contribution is 7.90. The van der Waals surface area contributed by atoms with Crippen molar-refractivity contribution >= 4 is 9.84 Å². The standard InChI is InChI=1S/C15H23NO2S/c1-12(2)15-5-3-13(4-6-15)10-19(17,18)11-14-7-8-16-9-14/h3-6,12,14,16H,7-11H2,1-2H3/t14-/m0/s1. The van der Waals surface area contributed by atoms with Crippen molar-refractivity contribution in [3.63, 3.8) is 0 Å². The van der Waals surface area contributed by atoms with E-state index in [0.29, 0.717) is 17.6 Å². The molecular weight excluding hydrogens is 258 g/mol. The Morgan fingerprint density at radius 1 is 1.26 bits per heavy atom. The minimum Gasteiger partial charge on any atom is -0.316 e. The number of benzene rings is 1. The summed E-state index contributed by atoms with van der Waals surface area (Å²) in [4.78, 5) is 0. The predicted molar refractivity (Wildman–Crippen MR) is 79.0 cm³/mol. The van der Waals surface area contributed by atoms with Crippen molar-refractivity contribution in [3.8, 4) is 0 Å². The van der Waals surface area contributed by atoms with E-state index >= 15 is 0 Å². The van der Waals surface area contributed by atoms with Crippen LogP contribution in [0, 0.1) is 5.92 Å². The van der Waals surface area contributed by atoms with Gasteiger partial charge < -0.3 is 5.32 Å². The summed E-state index contributed by atoms with van der Waals surface area (Å²) in [7, 11) is -2.99. The quantitative estimate of drug-likeness (QED) is 0.901. The lowest BCUT2D eigenvalue weighted by Crippen LogP contribution is -2.20. The molecule has 1 aliphatic rings. The second kappa shape index (κ2) is 6.06. The maximum atomic E-state index is 12.1. The van der Waals surface area contributed by atoms with Gasteiger partial charge in [0.05, 0.1) is 11.5 Å². The summed E-state index contributed by atoms with van der Waals surface area (Å²) in [5.41, 5.74) is 2.15. The highest BCUT2D eigenvalue weighted by atomic mass is 32.2. The van der Waals surface area contributed by atoms with Crippen molar-refractivity contribution in [1.82, 2.24) is 5.32 Å². The molecule has 1 aromatic rings. The maximum Gasteiger partial charge on any atom is 0.154 e. The van der Waals surface area contributed by atoms with Crippen molar-refractivity contribution in [1.29, 1.82) is 0 Å². The van der Waals surface area contributed by atoms with Gasteiger partial charge >= 0.3 is 0 Å². The monoisotopic (exact) mass is 281 g/mol. The van der Waals surface area contributed by atoms with Crippen LogP contribution in [0.5, 0.6) is 0 Å². The van der Waals surface area contributed by atoms with Crippen molar-refractivity contribution in [2.45, 2.75) is 31.9 Å². The van der Waals surface area contributed by atoms with E-state index in [9.17, 15) is 8.42 Å². The lowest BCUT2D eigenvalue weighted by molar-refractivity contribution is 0.570. The molecule has 1 fully saturated rings. The summed E-state index contributed by atoms with van der Waals surface area (Å²) in [6.45, 7) is 6.06. The van der Waals surface area contributed by atoms with Gasteiger partial charge in [0, 0.05) is 0 Å². The fourth-order valence-electron chi connectivity index (χ4n) is 2.53. The SMILES string of the molecule is CC(C)c1ccc(CS(=O)(=O)C[C@H]2CCNC2)cc1. The molecular formula is C15H23NO2S. The first kappa shape index (κ1) is 14.5. The van der Waals surface area contributed by atoms with E-state index in [2.05, 4.69) is 19.2 Å². The molecule has 1 aromatic carbocycles. The molecule has 1 N–H and O–H groups in total. The molecule has 1 heterocycles. The Morgan fingerprint density at radius 3 is 2.47 bits per heavy atom. The molecule has 0 aromatic heterocycles. The molecule has 4 heteroatoms. The molecule has 0 spiro atoms. The summed E-state index contributed by atoms with van der Waals surface area (Å²) in [6, 6.07) is 7.96. The van der Waals surface area contributed by atoms with Crippen LogP contribution in [-0.2, 0) is 15.6 Å². The van der Waals surface area contributed by atoms with E-state index in [1.807, 2.05) is 24.3 Å². The summed E-state index contributed by atoms with van der Waals surface area (Å²) in [6.07, 6.45) is 0.978. The Kier molecular flexibility index (Phi) is 4.63. The van der Waals surface area contributed by atoms with Crippen molar-refractivity contribution in [2.24, 2.45) is 5.92 Å². The highest BCUT2D eigenvalue weighted by Gasteiger charge is 2.22. The van der Waals surface area contributed by atoms with Crippen LogP contribution >= 0.6 is 0 Å². The number of nitrogens with one attached hydrogen (secondary N) is 1. The van der Waals surface area contributed by atoms with Gasteiger partial charge in [-0.2, -0.15) is 0 Å². The second-order valence-corrected chi connectivity index (χ2v) is 7.92. The van der Waals surface area contributed by atoms with E-state index in [1.54, 1.807) is 0 Å². The van der Waals surface area contributed by atoms with Crippen LogP contribution in [0.4, 0.5) is 0 Å². The molecule has 1 atom stereocenters. The zero-order chi connectivity index (χ0) is 13.9. The van der Waals surface area contributed by atoms with Crippen LogP contribution in [0.15, 0.2) is 24.3 Å². The van der Waals surface area contributed by atoms with Crippen LogP contribution in [0.25, 0.3) is 0 Å². The Bertz CT molecular complexity index is 499. The lowest BCUT2D eigenvalue weighted by atomic mass is 10.0. The predicted octanol–water partition coefficient (Wildman–Crippen LogP) is 2.33. The van der Waals surface area contributed by atoms with E-state index in [4.69, 9.17) is 0 Å². The van der Waals surface area contributed by atoms with E-state index in [1.165, 1.54) is 5.56 Å². The summed E-state index contributed by atoms with van der Waals surface area (Å²) < 4.78 is 24.3. The molecule has 106 valence electrons. The largest absolute Gasteiger partial charge is 0.316 e. The zero-order valence-corrected chi connectivity index (χ0v) is 12.5. The molecule has 3 nitrogen and oxygen atoms in total.